The summed E-state index contributed by atoms with van der Waals surface area (Å²) in [5, 5.41) is 2.95. The minimum absolute atomic E-state index is 0.0196. The number of likely N-dealkylation sites (tertiary alicyclic amines) is 1. The highest BCUT2D eigenvalue weighted by atomic mass is 16.5. The topological polar surface area (TPSA) is 92.8 Å². The molecule has 0 aliphatic carbocycles. The molecule has 1 heterocycles. The zero-order valence-corrected chi connectivity index (χ0v) is 20.0. The maximum Gasteiger partial charge on any atom is 0.233 e. The van der Waals surface area contributed by atoms with Crippen LogP contribution in [0.5, 0.6) is 0 Å². The van der Waals surface area contributed by atoms with E-state index in [4.69, 9.17) is 4.74 Å². The van der Waals surface area contributed by atoms with Crippen molar-refractivity contribution < 1.29 is 23.9 Å². The van der Waals surface area contributed by atoms with E-state index >= 15 is 0 Å². The molecule has 1 atom stereocenters. The Morgan fingerprint density at radius 3 is 2.23 bits per heavy atom. The van der Waals surface area contributed by atoms with Gasteiger partial charge in [0, 0.05) is 49.8 Å². The first-order valence-electron chi connectivity index (χ1n) is 11.0. The second kappa shape index (κ2) is 10.5. The van der Waals surface area contributed by atoms with E-state index < -0.39 is 11.1 Å². The fourth-order valence-electron chi connectivity index (χ4n) is 3.44. The third-order valence-electron chi connectivity index (χ3n) is 5.59. The van der Waals surface area contributed by atoms with E-state index in [1.165, 1.54) is 4.90 Å². The van der Waals surface area contributed by atoms with Crippen molar-refractivity contribution in [2.45, 2.75) is 92.2 Å². The zero-order chi connectivity index (χ0) is 23.3. The maximum absolute atomic E-state index is 12.4. The van der Waals surface area contributed by atoms with Crippen LogP contribution in [0.15, 0.2) is 0 Å². The van der Waals surface area contributed by atoms with Crippen molar-refractivity contribution in [1.82, 2.24) is 10.2 Å². The number of Topliss-reactive ketones (excluding diaryl/α,β-unsaturated/α-hetero) is 1. The molecule has 0 bridgehead atoms. The molecule has 0 aromatic heterocycles. The standard InChI is InChI=1S/C23H40N2O5/c1-15(2)17-13-20(28)25(21(17)29)11-9-19(27)24-22(5,6)10-12-30-23(7,8)14-18(26)16(3)4/h15-17H,9-14H2,1-8H3,(H,24,27). The number of nitrogens with zero attached hydrogens (tertiary/aromatic N) is 1. The molecule has 1 fully saturated rings. The monoisotopic (exact) mass is 424 g/mol. The fraction of sp³-hybridized carbons (Fsp3) is 0.826. The number of amides is 3. The summed E-state index contributed by atoms with van der Waals surface area (Å²) in [6, 6.07) is 0. The Morgan fingerprint density at radius 1 is 1.13 bits per heavy atom. The Balaban J connectivity index is 2.44. The van der Waals surface area contributed by atoms with Crippen LogP contribution in [0.4, 0.5) is 0 Å². The fourth-order valence-corrected chi connectivity index (χ4v) is 3.44. The molecule has 0 aromatic carbocycles. The predicted octanol–water partition coefficient (Wildman–Crippen LogP) is 3.10. The number of hydrogen-bond acceptors (Lipinski definition) is 5. The van der Waals surface area contributed by atoms with Gasteiger partial charge in [-0.05, 0) is 40.0 Å². The molecule has 1 aliphatic heterocycles. The lowest BCUT2D eigenvalue weighted by Gasteiger charge is -2.30. The number of hydrogen-bond donors (Lipinski definition) is 1. The average molecular weight is 425 g/mol. The number of ether oxygens (including phenoxy) is 1. The van der Waals surface area contributed by atoms with Crippen LogP contribution in [-0.4, -0.2) is 52.7 Å². The highest BCUT2D eigenvalue weighted by molar-refractivity contribution is 6.03. The first-order valence-corrected chi connectivity index (χ1v) is 11.0. The molecular weight excluding hydrogens is 384 g/mol. The lowest BCUT2D eigenvalue weighted by molar-refractivity contribution is -0.140. The van der Waals surface area contributed by atoms with Crippen LogP contribution in [0.3, 0.4) is 0 Å². The van der Waals surface area contributed by atoms with Gasteiger partial charge in [0.2, 0.25) is 17.7 Å². The first-order chi connectivity index (χ1) is 13.6. The maximum atomic E-state index is 12.4. The van der Waals surface area contributed by atoms with Crippen molar-refractivity contribution in [2.24, 2.45) is 17.8 Å². The third-order valence-corrected chi connectivity index (χ3v) is 5.59. The summed E-state index contributed by atoms with van der Waals surface area (Å²) in [6.45, 7) is 15.7. The van der Waals surface area contributed by atoms with Gasteiger partial charge in [-0.25, -0.2) is 0 Å². The van der Waals surface area contributed by atoms with E-state index in [-0.39, 0.29) is 60.6 Å². The van der Waals surface area contributed by atoms with Crippen LogP contribution >= 0.6 is 0 Å². The number of rotatable bonds is 12. The highest BCUT2D eigenvalue weighted by Gasteiger charge is 2.40. The van der Waals surface area contributed by atoms with Crippen LogP contribution in [0, 0.1) is 17.8 Å². The molecule has 30 heavy (non-hydrogen) atoms. The molecule has 7 nitrogen and oxygen atoms in total. The number of nitrogens with one attached hydrogen (secondary N) is 1. The first kappa shape index (κ1) is 26.3. The quantitative estimate of drug-likeness (QED) is 0.486. The van der Waals surface area contributed by atoms with Crippen LogP contribution in [0.25, 0.3) is 0 Å². The minimum atomic E-state index is -0.551. The number of carbonyl (C=O) groups is 4. The van der Waals surface area contributed by atoms with Gasteiger partial charge in [-0.3, -0.25) is 24.1 Å². The smallest absolute Gasteiger partial charge is 0.233 e. The van der Waals surface area contributed by atoms with Crippen LogP contribution in [-0.2, 0) is 23.9 Å². The Hall–Kier alpha value is -1.76. The molecule has 172 valence electrons. The van der Waals surface area contributed by atoms with Gasteiger partial charge in [0.05, 0.1) is 5.60 Å². The van der Waals surface area contributed by atoms with E-state index in [1.54, 1.807) is 0 Å². The SMILES string of the molecule is CC(C)C(=O)CC(C)(C)OCCC(C)(C)NC(=O)CCN1C(=O)CC(C(C)C)C1=O. The van der Waals surface area contributed by atoms with Gasteiger partial charge in [-0.1, -0.05) is 27.7 Å². The van der Waals surface area contributed by atoms with Gasteiger partial charge < -0.3 is 10.1 Å². The van der Waals surface area contributed by atoms with E-state index in [9.17, 15) is 19.2 Å². The summed E-state index contributed by atoms with van der Waals surface area (Å²) in [4.78, 5) is 50.0. The molecular formula is C23H40N2O5. The second-order valence-corrected chi connectivity index (χ2v) is 10.3. The lowest BCUT2D eigenvalue weighted by Crippen LogP contribution is -2.46. The molecule has 1 N–H and O–H groups in total. The number of imide groups is 1. The van der Waals surface area contributed by atoms with Crippen LogP contribution < -0.4 is 5.32 Å². The van der Waals surface area contributed by atoms with Crippen molar-refractivity contribution in [3.63, 3.8) is 0 Å². The minimum Gasteiger partial charge on any atom is -0.375 e. The van der Waals surface area contributed by atoms with Gasteiger partial charge in [-0.2, -0.15) is 0 Å². The second-order valence-electron chi connectivity index (χ2n) is 10.3. The molecule has 0 radical (unpaired) electrons. The molecule has 0 spiro atoms. The summed E-state index contributed by atoms with van der Waals surface area (Å²) in [6.07, 6.45) is 1.25. The Morgan fingerprint density at radius 2 is 1.73 bits per heavy atom. The van der Waals surface area contributed by atoms with Gasteiger partial charge in [-0.15, -0.1) is 0 Å². The zero-order valence-electron chi connectivity index (χ0n) is 20.0. The summed E-state index contributed by atoms with van der Waals surface area (Å²) in [5.74, 6) is -0.597. The molecule has 1 saturated heterocycles. The van der Waals surface area contributed by atoms with Crippen LogP contribution in [0.1, 0.15) is 81.1 Å². The largest absolute Gasteiger partial charge is 0.375 e. The molecule has 7 heteroatoms. The molecule has 0 saturated carbocycles. The van der Waals surface area contributed by atoms with Crippen LogP contribution in [0.2, 0.25) is 0 Å². The summed E-state index contributed by atoms with van der Waals surface area (Å²) >= 11 is 0. The molecule has 1 rings (SSSR count). The lowest BCUT2D eigenvalue weighted by atomic mass is 9.94. The highest BCUT2D eigenvalue weighted by Crippen LogP contribution is 2.26. The van der Waals surface area contributed by atoms with Crippen molar-refractivity contribution in [2.75, 3.05) is 13.2 Å². The van der Waals surface area contributed by atoms with Crippen molar-refractivity contribution in [1.29, 1.82) is 0 Å². The van der Waals surface area contributed by atoms with E-state index in [2.05, 4.69) is 5.32 Å². The normalized spacial score (nSPS) is 17.9. The van der Waals surface area contributed by atoms with Gasteiger partial charge in [0.25, 0.3) is 0 Å². The Labute approximate surface area is 181 Å². The number of carbonyl (C=O) groups excluding carboxylic acids is 4. The van der Waals surface area contributed by atoms with Crippen molar-refractivity contribution in [3.05, 3.63) is 0 Å². The Kier molecular flexibility index (Phi) is 9.21. The summed E-state index contributed by atoms with van der Waals surface area (Å²) < 4.78 is 5.90. The molecule has 1 aliphatic rings. The predicted molar refractivity (Wildman–Crippen MR) is 116 cm³/mol. The van der Waals surface area contributed by atoms with E-state index in [1.807, 2.05) is 55.4 Å². The Bertz CT molecular complexity index is 652. The third kappa shape index (κ3) is 8.17. The molecule has 1 unspecified atom stereocenters. The van der Waals surface area contributed by atoms with Gasteiger partial charge in [0.15, 0.2) is 0 Å². The van der Waals surface area contributed by atoms with E-state index in [0.29, 0.717) is 19.4 Å². The summed E-state index contributed by atoms with van der Waals surface area (Å²) in [5.41, 5.74) is -1.06. The van der Waals surface area contributed by atoms with Gasteiger partial charge in [0.1, 0.15) is 5.78 Å². The molecule has 3 amide bonds. The van der Waals surface area contributed by atoms with Gasteiger partial charge >= 0.3 is 0 Å². The van der Waals surface area contributed by atoms with Crippen molar-refractivity contribution in [3.8, 4) is 0 Å². The molecule has 0 aromatic rings. The number of ketones is 1. The average Bonchev–Trinajstić information content (AvgIpc) is 2.86. The summed E-state index contributed by atoms with van der Waals surface area (Å²) in [7, 11) is 0. The van der Waals surface area contributed by atoms with Crippen molar-refractivity contribution >= 4 is 23.5 Å². The van der Waals surface area contributed by atoms with E-state index in [0.717, 1.165) is 0 Å².